The lowest BCUT2D eigenvalue weighted by atomic mass is 9.56. The highest BCUT2D eigenvalue weighted by Crippen LogP contribution is 2.59. The third-order valence-corrected chi connectivity index (χ3v) is 7.74. The first-order valence-corrected chi connectivity index (χ1v) is 8.14. The lowest BCUT2D eigenvalue weighted by Gasteiger charge is -2.57. The topological polar surface area (TPSA) is 54.4 Å². The first-order chi connectivity index (χ1) is 8.33. The second-order valence-electron chi connectivity index (χ2n) is 7.18. The van der Waals surface area contributed by atoms with Crippen molar-refractivity contribution in [3.63, 3.8) is 0 Å². The largest absolute Gasteiger partial charge is 0.480 e. The Morgan fingerprint density at radius 1 is 1.11 bits per heavy atom. The van der Waals surface area contributed by atoms with Crippen LogP contribution in [0.2, 0.25) is 0 Å². The lowest BCUT2D eigenvalue weighted by molar-refractivity contribution is -0.139. The molecular weight excluding hydrogens is 248 g/mol. The maximum Gasteiger partial charge on any atom is 0.321 e. The van der Waals surface area contributed by atoms with Crippen molar-refractivity contribution in [1.82, 2.24) is 0 Å². The van der Waals surface area contributed by atoms with Crippen LogP contribution in [0, 0.1) is 17.8 Å². The molecule has 4 fully saturated rings. The molecule has 0 radical (unpaired) electrons. The quantitative estimate of drug-likeness (QED) is 0.857. The molecule has 4 aliphatic carbocycles. The molecule has 1 unspecified atom stereocenters. The van der Waals surface area contributed by atoms with Crippen molar-refractivity contribution >= 4 is 16.8 Å². The zero-order valence-electron chi connectivity index (χ0n) is 11.1. The van der Waals surface area contributed by atoms with Gasteiger partial charge >= 0.3 is 5.97 Å². The molecule has 1 N–H and O–H groups in total. The Hall–Kier alpha value is -0.380. The average Bonchev–Trinajstić information content (AvgIpc) is 2.25. The number of carbonyl (C=O) groups is 1. The van der Waals surface area contributed by atoms with Crippen molar-refractivity contribution < 1.29 is 14.1 Å². The predicted molar refractivity (Wildman–Crippen MR) is 70.8 cm³/mol. The number of hydrogen-bond donors (Lipinski definition) is 1. The van der Waals surface area contributed by atoms with Crippen LogP contribution < -0.4 is 0 Å². The highest BCUT2D eigenvalue weighted by molar-refractivity contribution is 7.88. The van der Waals surface area contributed by atoms with Crippen LogP contribution in [-0.2, 0) is 15.6 Å². The molecule has 0 aromatic carbocycles. The second kappa shape index (κ2) is 3.81. The van der Waals surface area contributed by atoms with Gasteiger partial charge in [-0.1, -0.05) is 0 Å². The van der Waals surface area contributed by atoms with E-state index in [4.69, 9.17) is 0 Å². The van der Waals surface area contributed by atoms with Gasteiger partial charge in [0, 0.05) is 15.5 Å². The molecule has 3 nitrogen and oxygen atoms in total. The summed E-state index contributed by atoms with van der Waals surface area (Å²) < 4.78 is 11.6. The van der Waals surface area contributed by atoms with Gasteiger partial charge in [-0.05, 0) is 70.1 Å². The molecule has 4 bridgehead atoms. The van der Waals surface area contributed by atoms with Crippen LogP contribution in [-0.4, -0.2) is 24.8 Å². The summed E-state index contributed by atoms with van der Waals surface area (Å²) in [4.78, 5) is 11.4. The third kappa shape index (κ3) is 1.68. The smallest absolute Gasteiger partial charge is 0.321 e. The van der Waals surface area contributed by atoms with Crippen LogP contribution in [0.15, 0.2) is 0 Å². The molecule has 4 rings (SSSR count). The first kappa shape index (κ1) is 12.6. The van der Waals surface area contributed by atoms with Crippen molar-refractivity contribution in [3.05, 3.63) is 0 Å². The molecule has 18 heavy (non-hydrogen) atoms. The Morgan fingerprint density at radius 3 is 1.83 bits per heavy atom. The molecule has 0 aliphatic heterocycles. The van der Waals surface area contributed by atoms with Crippen molar-refractivity contribution in [3.8, 4) is 0 Å². The van der Waals surface area contributed by atoms with Crippen molar-refractivity contribution in [1.29, 1.82) is 0 Å². The molecule has 0 saturated heterocycles. The van der Waals surface area contributed by atoms with Crippen LogP contribution in [0.4, 0.5) is 0 Å². The van der Waals surface area contributed by atoms with E-state index in [1.54, 1.807) is 13.8 Å². The van der Waals surface area contributed by atoms with E-state index in [0.29, 0.717) is 17.8 Å². The predicted octanol–water partition coefficient (Wildman–Crippen LogP) is 2.57. The van der Waals surface area contributed by atoms with E-state index in [-0.39, 0.29) is 4.75 Å². The summed E-state index contributed by atoms with van der Waals surface area (Å²) in [5, 5.41) is 9.32. The summed E-state index contributed by atoms with van der Waals surface area (Å²) in [6, 6.07) is 0. The number of aliphatic carboxylic acids is 1. The summed E-state index contributed by atoms with van der Waals surface area (Å²) in [6.07, 6.45) is 6.89. The molecule has 4 saturated carbocycles. The SMILES string of the molecule is CC(C)(C(=O)O)S(=O)C12CC3CC(CC(C3)C1)C2. The number of carboxylic acid groups (broad SMARTS) is 1. The van der Waals surface area contributed by atoms with Crippen LogP contribution >= 0.6 is 0 Å². The van der Waals surface area contributed by atoms with E-state index in [9.17, 15) is 14.1 Å². The Labute approximate surface area is 111 Å². The zero-order chi connectivity index (χ0) is 13.1. The normalized spacial score (nSPS) is 44.0. The average molecular weight is 270 g/mol. The van der Waals surface area contributed by atoms with Gasteiger partial charge in [0.1, 0.15) is 4.75 Å². The second-order valence-corrected chi connectivity index (χ2v) is 9.61. The Bertz CT molecular complexity index is 378. The van der Waals surface area contributed by atoms with Crippen molar-refractivity contribution in [2.24, 2.45) is 17.8 Å². The van der Waals surface area contributed by atoms with Gasteiger partial charge in [-0.2, -0.15) is 0 Å². The maximum atomic E-state index is 12.9. The molecular formula is C14H22O3S. The standard InChI is InChI=1S/C14H22O3S/c1-13(2,12(15)16)18(17)14-6-9-3-10(7-14)5-11(4-9)8-14/h9-11H,3-8H2,1-2H3,(H,15,16). The number of hydrogen-bond acceptors (Lipinski definition) is 2. The summed E-state index contributed by atoms with van der Waals surface area (Å²) >= 11 is 0. The molecule has 4 aliphatic rings. The summed E-state index contributed by atoms with van der Waals surface area (Å²) in [7, 11) is -1.26. The minimum Gasteiger partial charge on any atom is -0.480 e. The zero-order valence-corrected chi connectivity index (χ0v) is 12.0. The molecule has 0 aromatic rings. The monoisotopic (exact) mass is 270 g/mol. The Kier molecular flexibility index (Phi) is 2.68. The lowest BCUT2D eigenvalue weighted by Crippen LogP contribution is -2.58. The van der Waals surface area contributed by atoms with Gasteiger partial charge in [-0.25, -0.2) is 0 Å². The number of rotatable bonds is 3. The van der Waals surface area contributed by atoms with Crippen LogP contribution in [0.1, 0.15) is 52.4 Å². The van der Waals surface area contributed by atoms with Gasteiger partial charge in [0.2, 0.25) is 0 Å². The first-order valence-electron chi connectivity index (χ1n) is 6.99. The minimum absolute atomic E-state index is 0.184. The molecule has 0 heterocycles. The van der Waals surface area contributed by atoms with Crippen molar-refractivity contribution in [2.45, 2.75) is 61.9 Å². The fourth-order valence-corrected chi connectivity index (χ4v) is 7.28. The van der Waals surface area contributed by atoms with Crippen LogP contribution in [0.5, 0.6) is 0 Å². The van der Waals surface area contributed by atoms with Gasteiger partial charge in [-0.15, -0.1) is 0 Å². The van der Waals surface area contributed by atoms with Gasteiger partial charge in [0.25, 0.3) is 0 Å². The fourth-order valence-electron chi connectivity index (χ4n) is 4.88. The van der Waals surface area contributed by atoms with Gasteiger partial charge in [0.05, 0.1) is 0 Å². The Balaban J connectivity index is 1.92. The minimum atomic E-state index is -1.26. The third-order valence-electron chi connectivity index (χ3n) is 5.35. The van der Waals surface area contributed by atoms with E-state index in [1.807, 2.05) is 0 Å². The van der Waals surface area contributed by atoms with E-state index < -0.39 is 21.5 Å². The summed E-state index contributed by atoms with van der Waals surface area (Å²) in [5.74, 6) is 1.22. The number of carboxylic acids is 1. The summed E-state index contributed by atoms with van der Waals surface area (Å²) in [6.45, 7) is 3.26. The van der Waals surface area contributed by atoms with Gasteiger partial charge in [-0.3, -0.25) is 9.00 Å². The van der Waals surface area contributed by atoms with Gasteiger partial charge < -0.3 is 5.11 Å². The molecule has 0 aromatic heterocycles. The Morgan fingerprint density at radius 2 is 1.50 bits per heavy atom. The van der Waals surface area contributed by atoms with E-state index >= 15 is 0 Å². The molecule has 0 spiro atoms. The van der Waals surface area contributed by atoms with Crippen LogP contribution in [0.3, 0.4) is 0 Å². The van der Waals surface area contributed by atoms with Crippen LogP contribution in [0.25, 0.3) is 0 Å². The van der Waals surface area contributed by atoms with E-state index in [0.717, 1.165) is 19.3 Å². The fraction of sp³-hybridized carbons (Fsp3) is 0.929. The highest BCUT2D eigenvalue weighted by Gasteiger charge is 2.57. The molecule has 0 amide bonds. The van der Waals surface area contributed by atoms with Crippen molar-refractivity contribution in [2.75, 3.05) is 0 Å². The maximum absolute atomic E-state index is 12.9. The molecule has 4 heteroatoms. The van der Waals surface area contributed by atoms with E-state index in [1.165, 1.54) is 19.3 Å². The molecule has 102 valence electrons. The van der Waals surface area contributed by atoms with Gasteiger partial charge in [0.15, 0.2) is 0 Å². The van der Waals surface area contributed by atoms with E-state index in [2.05, 4.69) is 0 Å². The highest BCUT2D eigenvalue weighted by atomic mass is 32.2. The molecule has 1 atom stereocenters. The summed E-state index contributed by atoms with van der Waals surface area (Å²) in [5.41, 5.74) is 0.